The third-order valence-electron chi connectivity index (χ3n) is 2.72. The summed E-state index contributed by atoms with van der Waals surface area (Å²) in [5, 5.41) is 3.10. The highest BCUT2D eigenvalue weighted by molar-refractivity contribution is 6.31. The van der Waals surface area contributed by atoms with E-state index in [1.165, 1.54) is 0 Å². The molecule has 0 spiro atoms. The Morgan fingerprint density at radius 1 is 1.50 bits per heavy atom. The molecule has 0 bridgehead atoms. The lowest BCUT2D eigenvalue weighted by Crippen LogP contribution is -2.37. The molecule has 0 saturated carbocycles. The largest absolute Gasteiger partial charge is 0.497 e. The minimum absolute atomic E-state index is 0.256. The fraction of sp³-hybridized carbons (Fsp3) is 0.385. The number of hydrogen-bond acceptors (Lipinski definition) is 3. The molecule has 1 rings (SSSR count). The summed E-state index contributed by atoms with van der Waals surface area (Å²) < 4.78 is 5.08. The number of amides is 1. The second kappa shape index (κ2) is 5.87. The van der Waals surface area contributed by atoms with Gasteiger partial charge in [0.15, 0.2) is 0 Å². The molecule has 98 valence electrons. The molecule has 0 heterocycles. The number of aldehydes is 1. The average molecular weight is 270 g/mol. The zero-order chi connectivity index (χ0) is 13.8. The summed E-state index contributed by atoms with van der Waals surface area (Å²) in [7, 11) is 1.57. The summed E-state index contributed by atoms with van der Waals surface area (Å²) in [6, 6.07) is 5.39. The second-order valence-corrected chi connectivity index (χ2v) is 4.97. The maximum absolute atomic E-state index is 10.9. The summed E-state index contributed by atoms with van der Waals surface area (Å²) in [4.78, 5) is 21.2. The van der Waals surface area contributed by atoms with E-state index in [-0.39, 0.29) is 11.7 Å². The minimum Gasteiger partial charge on any atom is -0.497 e. The summed E-state index contributed by atoms with van der Waals surface area (Å²) >= 11 is 6.18. The van der Waals surface area contributed by atoms with Crippen LogP contribution in [0.25, 0.3) is 0 Å². The number of carbonyl (C=O) groups excluding carboxylic acids is 2. The van der Waals surface area contributed by atoms with Crippen molar-refractivity contribution in [3.63, 3.8) is 0 Å². The molecule has 0 aromatic heterocycles. The van der Waals surface area contributed by atoms with Gasteiger partial charge in [-0.15, -0.1) is 0 Å². The van der Waals surface area contributed by atoms with Gasteiger partial charge >= 0.3 is 0 Å². The van der Waals surface area contributed by atoms with Crippen LogP contribution < -0.4 is 10.1 Å². The van der Waals surface area contributed by atoms with Crippen LogP contribution in [0.5, 0.6) is 5.75 Å². The SMILES string of the molecule is COc1ccc(C(C)(C)CNC(=O)C=O)c(Cl)c1. The van der Waals surface area contributed by atoms with Gasteiger partial charge in [0, 0.05) is 17.0 Å². The van der Waals surface area contributed by atoms with Crippen molar-refractivity contribution < 1.29 is 14.3 Å². The van der Waals surface area contributed by atoms with Gasteiger partial charge in [-0.25, -0.2) is 0 Å². The van der Waals surface area contributed by atoms with Gasteiger partial charge in [-0.05, 0) is 17.7 Å². The molecule has 0 fully saturated rings. The number of benzene rings is 1. The van der Waals surface area contributed by atoms with E-state index in [4.69, 9.17) is 16.3 Å². The molecule has 0 saturated heterocycles. The number of methoxy groups -OCH3 is 1. The molecule has 18 heavy (non-hydrogen) atoms. The van der Waals surface area contributed by atoms with Gasteiger partial charge in [-0.2, -0.15) is 0 Å². The van der Waals surface area contributed by atoms with Crippen LogP contribution in [0.15, 0.2) is 18.2 Å². The van der Waals surface area contributed by atoms with Crippen molar-refractivity contribution in [2.45, 2.75) is 19.3 Å². The summed E-state index contributed by atoms with van der Waals surface area (Å²) in [6.45, 7) is 4.20. The molecule has 5 heteroatoms. The summed E-state index contributed by atoms with van der Waals surface area (Å²) in [6.07, 6.45) is 0.256. The first-order chi connectivity index (χ1) is 8.40. The van der Waals surface area contributed by atoms with Crippen LogP contribution in [0.2, 0.25) is 5.02 Å². The lowest BCUT2D eigenvalue weighted by atomic mass is 9.84. The van der Waals surface area contributed by atoms with Crippen molar-refractivity contribution in [3.8, 4) is 5.75 Å². The Bertz CT molecular complexity index is 458. The lowest BCUT2D eigenvalue weighted by Gasteiger charge is -2.26. The molecule has 0 radical (unpaired) electrons. The Kier molecular flexibility index (Phi) is 4.73. The molecule has 1 aromatic rings. The van der Waals surface area contributed by atoms with Crippen LogP contribution in [0.1, 0.15) is 19.4 Å². The minimum atomic E-state index is -0.632. The molecule has 0 unspecified atom stereocenters. The van der Waals surface area contributed by atoms with E-state index in [2.05, 4.69) is 5.32 Å². The molecule has 0 aliphatic rings. The number of halogens is 1. The number of hydrogen-bond donors (Lipinski definition) is 1. The van der Waals surface area contributed by atoms with Crippen molar-refractivity contribution in [3.05, 3.63) is 28.8 Å². The van der Waals surface area contributed by atoms with E-state index in [1.807, 2.05) is 26.0 Å². The maximum atomic E-state index is 10.9. The van der Waals surface area contributed by atoms with Crippen LogP contribution in [-0.2, 0) is 15.0 Å². The molecule has 0 aliphatic heterocycles. The monoisotopic (exact) mass is 269 g/mol. The third-order valence-corrected chi connectivity index (χ3v) is 3.03. The van der Waals surface area contributed by atoms with Crippen molar-refractivity contribution >= 4 is 23.8 Å². The molecule has 1 aromatic carbocycles. The Labute approximate surface area is 111 Å². The van der Waals surface area contributed by atoms with Gasteiger partial charge in [0.1, 0.15) is 5.75 Å². The molecule has 0 aliphatic carbocycles. The quantitative estimate of drug-likeness (QED) is 0.657. The number of nitrogens with one attached hydrogen (secondary N) is 1. The van der Waals surface area contributed by atoms with Gasteiger partial charge in [0.05, 0.1) is 7.11 Å². The van der Waals surface area contributed by atoms with Crippen LogP contribution in [0, 0.1) is 0 Å². The van der Waals surface area contributed by atoms with Crippen LogP contribution in [-0.4, -0.2) is 25.8 Å². The lowest BCUT2D eigenvalue weighted by molar-refractivity contribution is -0.131. The van der Waals surface area contributed by atoms with E-state index in [0.29, 0.717) is 17.3 Å². The smallest absolute Gasteiger partial charge is 0.284 e. The van der Waals surface area contributed by atoms with Crippen molar-refractivity contribution in [2.24, 2.45) is 0 Å². The number of ether oxygens (including phenoxy) is 1. The molecule has 1 N–H and O–H groups in total. The van der Waals surface area contributed by atoms with Crippen LogP contribution in [0.4, 0.5) is 0 Å². The third kappa shape index (κ3) is 3.47. The Morgan fingerprint density at radius 3 is 2.67 bits per heavy atom. The number of carbonyl (C=O) groups is 2. The van der Waals surface area contributed by atoms with Crippen molar-refractivity contribution in [1.82, 2.24) is 5.32 Å². The molecular formula is C13H16ClNO3. The van der Waals surface area contributed by atoms with Gasteiger partial charge in [0.2, 0.25) is 6.29 Å². The highest BCUT2D eigenvalue weighted by Gasteiger charge is 2.24. The van der Waals surface area contributed by atoms with Gasteiger partial charge < -0.3 is 10.1 Å². The van der Waals surface area contributed by atoms with Crippen LogP contribution in [0.3, 0.4) is 0 Å². The standard InChI is InChI=1S/C13H16ClNO3/c1-13(2,8-15-12(17)7-16)10-5-4-9(18-3)6-11(10)14/h4-7H,8H2,1-3H3,(H,15,17). The molecule has 0 atom stereocenters. The first-order valence-corrected chi connectivity index (χ1v) is 5.85. The summed E-state index contributed by atoms with van der Waals surface area (Å²) in [5.74, 6) is 0.0455. The van der Waals surface area contributed by atoms with Gasteiger partial charge in [-0.1, -0.05) is 31.5 Å². The Morgan fingerprint density at radius 2 is 2.17 bits per heavy atom. The zero-order valence-corrected chi connectivity index (χ0v) is 11.4. The Hall–Kier alpha value is -1.55. The predicted octanol–water partition coefficient (Wildman–Crippen LogP) is 1.94. The normalized spacial score (nSPS) is 10.9. The van der Waals surface area contributed by atoms with Gasteiger partial charge in [-0.3, -0.25) is 9.59 Å². The second-order valence-electron chi connectivity index (χ2n) is 4.57. The zero-order valence-electron chi connectivity index (χ0n) is 10.6. The van der Waals surface area contributed by atoms with E-state index in [0.717, 1.165) is 5.56 Å². The fourth-order valence-corrected chi connectivity index (χ4v) is 2.04. The van der Waals surface area contributed by atoms with Gasteiger partial charge in [0.25, 0.3) is 5.91 Å². The van der Waals surface area contributed by atoms with E-state index < -0.39 is 5.91 Å². The Balaban J connectivity index is 2.90. The van der Waals surface area contributed by atoms with Crippen molar-refractivity contribution in [1.29, 1.82) is 0 Å². The first kappa shape index (κ1) is 14.5. The topological polar surface area (TPSA) is 55.4 Å². The summed E-state index contributed by atoms with van der Waals surface area (Å²) in [5.41, 5.74) is 0.512. The first-order valence-electron chi connectivity index (χ1n) is 5.47. The number of rotatable bonds is 5. The average Bonchev–Trinajstić information content (AvgIpc) is 2.35. The molecule has 1 amide bonds. The molecular weight excluding hydrogens is 254 g/mol. The van der Waals surface area contributed by atoms with E-state index >= 15 is 0 Å². The fourth-order valence-electron chi connectivity index (χ4n) is 1.62. The highest BCUT2D eigenvalue weighted by atomic mass is 35.5. The molecule has 4 nitrogen and oxygen atoms in total. The van der Waals surface area contributed by atoms with E-state index in [9.17, 15) is 9.59 Å². The van der Waals surface area contributed by atoms with Crippen LogP contribution >= 0.6 is 11.6 Å². The predicted molar refractivity (Wildman–Crippen MR) is 70.1 cm³/mol. The maximum Gasteiger partial charge on any atom is 0.284 e. The van der Waals surface area contributed by atoms with Crippen molar-refractivity contribution in [2.75, 3.05) is 13.7 Å². The highest BCUT2D eigenvalue weighted by Crippen LogP contribution is 2.32. The van der Waals surface area contributed by atoms with E-state index in [1.54, 1.807) is 13.2 Å².